The minimum atomic E-state index is -0.333. The van der Waals surface area contributed by atoms with Gasteiger partial charge in [0.1, 0.15) is 0 Å². The molecule has 2 aromatic rings. The first-order chi connectivity index (χ1) is 13.5. The molecule has 0 spiro atoms. The van der Waals surface area contributed by atoms with Crippen molar-refractivity contribution in [2.75, 3.05) is 11.4 Å². The predicted octanol–water partition coefficient (Wildman–Crippen LogP) is 4.44. The number of nitrogens with one attached hydrogen (secondary N) is 1. The molecule has 0 bridgehead atoms. The number of amides is 2. The third-order valence-corrected chi connectivity index (χ3v) is 5.86. The lowest BCUT2D eigenvalue weighted by atomic mass is 10.1. The summed E-state index contributed by atoms with van der Waals surface area (Å²) in [5, 5.41) is 3.77. The minimum Gasteiger partial charge on any atom is -0.304 e. The summed E-state index contributed by atoms with van der Waals surface area (Å²) in [4.78, 5) is 32.0. The highest BCUT2D eigenvalue weighted by Gasteiger charge is 2.38. The normalized spacial score (nSPS) is 19.9. The SMILES string of the molecule is C=CCN1C(=O)C(=C2SC(=Nc3ccc(C)c(Cl)c3)NC2=O)c2ccccc21. The lowest BCUT2D eigenvalue weighted by molar-refractivity contribution is -0.116. The number of hydrogen-bond acceptors (Lipinski definition) is 4. The first-order valence-electron chi connectivity index (χ1n) is 8.60. The summed E-state index contributed by atoms with van der Waals surface area (Å²) in [6.07, 6.45) is 1.66. The summed E-state index contributed by atoms with van der Waals surface area (Å²) >= 11 is 7.31. The van der Waals surface area contributed by atoms with Crippen LogP contribution in [0.3, 0.4) is 0 Å². The molecule has 4 rings (SSSR count). The van der Waals surface area contributed by atoms with Gasteiger partial charge in [-0.3, -0.25) is 9.59 Å². The van der Waals surface area contributed by atoms with Gasteiger partial charge in [-0.2, -0.15) is 0 Å². The Hall–Kier alpha value is -2.83. The summed E-state index contributed by atoms with van der Waals surface area (Å²) in [6, 6.07) is 12.9. The van der Waals surface area contributed by atoms with Gasteiger partial charge < -0.3 is 10.2 Å². The molecule has 0 saturated carbocycles. The van der Waals surface area contributed by atoms with Crippen LogP contribution in [0.2, 0.25) is 5.02 Å². The Morgan fingerprint density at radius 2 is 2.04 bits per heavy atom. The van der Waals surface area contributed by atoms with Crippen LogP contribution in [-0.4, -0.2) is 23.5 Å². The van der Waals surface area contributed by atoms with Gasteiger partial charge in [-0.25, -0.2) is 4.99 Å². The molecule has 1 fully saturated rings. The first kappa shape index (κ1) is 18.5. The molecule has 1 saturated heterocycles. The largest absolute Gasteiger partial charge is 0.304 e. The predicted molar refractivity (Wildman–Crippen MR) is 115 cm³/mol. The van der Waals surface area contributed by atoms with Gasteiger partial charge >= 0.3 is 0 Å². The lowest BCUT2D eigenvalue weighted by Crippen LogP contribution is -2.27. The summed E-state index contributed by atoms with van der Waals surface area (Å²) in [7, 11) is 0. The molecule has 0 radical (unpaired) electrons. The molecule has 2 aromatic carbocycles. The van der Waals surface area contributed by atoms with Crippen LogP contribution < -0.4 is 10.2 Å². The second-order valence-electron chi connectivity index (χ2n) is 6.33. The fourth-order valence-electron chi connectivity index (χ4n) is 3.12. The second-order valence-corrected chi connectivity index (χ2v) is 7.74. The maximum absolute atomic E-state index is 13.0. The zero-order valence-electron chi connectivity index (χ0n) is 15.0. The van der Waals surface area contributed by atoms with Crippen molar-refractivity contribution in [2.24, 2.45) is 4.99 Å². The minimum absolute atomic E-state index is 0.210. The highest BCUT2D eigenvalue weighted by atomic mass is 35.5. The van der Waals surface area contributed by atoms with Crippen LogP contribution in [0.4, 0.5) is 11.4 Å². The average molecular weight is 410 g/mol. The standard InChI is InChI=1S/C21H16ClN3O2S/c1-3-10-25-16-7-5-4-6-14(16)17(20(25)27)18-19(26)24-21(28-18)23-13-9-8-12(2)15(22)11-13/h3-9,11H,1,10H2,2H3,(H,23,24,26). The first-order valence-corrected chi connectivity index (χ1v) is 9.79. The smallest absolute Gasteiger partial charge is 0.264 e. The number of amidine groups is 1. The number of aryl methyl sites for hydroxylation is 1. The van der Waals surface area contributed by atoms with Gasteiger partial charge in [-0.05, 0) is 42.4 Å². The maximum Gasteiger partial charge on any atom is 0.264 e. The highest BCUT2D eigenvalue weighted by Crippen LogP contribution is 2.42. The van der Waals surface area contributed by atoms with Crippen LogP contribution in [0.15, 0.2) is 65.0 Å². The van der Waals surface area contributed by atoms with E-state index in [1.807, 2.05) is 43.3 Å². The molecular weight excluding hydrogens is 394 g/mol. The van der Waals surface area contributed by atoms with E-state index in [0.717, 1.165) is 28.6 Å². The number of fused-ring (bicyclic) bond motifs is 1. The van der Waals surface area contributed by atoms with E-state index in [9.17, 15) is 9.59 Å². The number of para-hydroxylation sites is 1. The fourth-order valence-corrected chi connectivity index (χ4v) is 4.22. The molecule has 2 heterocycles. The molecule has 0 atom stereocenters. The van der Waals surface area contributed by atoms with Gasteiger partial charge in [0.2, 0.25) is 0 Å². The molecule has 0 unspecified atom stereocenters. The lowest BCUT2D eigenvalue weighted by Gasteiger charge is -2.13. The van der Waals surface area contributed by atoms with Crippen molar-refractivity contribution in [3.63, 3.8) is 0 Å². The van der Waals surface area contributed by atoms with Crippen molar-refractivity contribution in [1.29, 1.82) is 0 Å². The number of halogens is 1. The van der Waals surface area contributed by atoms with E-state index in [0.29, 0.717) is 32.9 Å². The van der Waals surface area contributed by atoms with Crippen molar-refractivity contribution in [3.8, 4) is 0 Å². The van der Waals surface area contributed by atoms with E-state index in [2.05, 4.69) is 16.9 Å². The third-order valence-electron chi connectivity index (χ3n) is 4.47. The third kappa shape index (κ3) is 3.15. The Kier molecular flexibility index (Phi) is 4.83. The molecule has 140 valence electrons. The Balaban J connectivity index is 1.75. The number of nitrogens with zero attached hydrogens (tertiary/aromatic N) is 2. The number of rotatable bonds is 3. The van der Waals surface area contributed by atoms with E-state index in [1.165, 1.54) is 0 Å². The zero-order chi connectivity index (χ0) is 19.8. The highest BCUT2D eigenvalue weighted by molar-refractivity contribution is 8.18. The number of carbonyl (C=O) groups excluding carboxylic acids is 2. The van der Waals surface area contributed by atoms with Crippen LogP contribution in [0.25, 0.3) is 5.57 Å². The van der Waals surface area contributed by atoms with Gasteiger partial charge in [-0.15, -0.1) is 6.58 Å². The van der Waals surface area contributed by atoms with Crippen molar-refractivity contribution >= 4 is 57.3 Å². The molecule has 28 heavy (non-hydrogen) atoms. The van der Waals surface area contributed by atoms with Gasteiger partial charge in [0.05, 0.1) is 21.9 Å². The molecule has 2 amide bonds. The molecule has 0 aromatic heterocycles. The van der Waals surface area contributed by atoms with Crippen LogP contribution in [0, 0.1) is 6.92 Å². The van der Waals surface area contributed by atoms with Crippen molar-refractivity contribution in [1.82, 2.24) is 5.32 Å². The van der Waals surface area contributed by atoms with Crippen molar-refractivity contribution in [2.45, 2.75) is 6.92 Å². The van der Waals surface area contributed by atoms with Gasteiger partial charge in [0, 0.05) is 17.1 Å². The Labute approximate surface area is 171 Å². The van der Waals surface area contributed by atoms with Gasteiger partial charge in [0.25, 0.3) is 11.8 Å². The molecule has 1 N–H and O–H groups in total. The maximum atomic E-state index is 13.0. The summed E-state index contributed by atoms with van der Waals surface area (Å²) in [5.74, 6) is -0.543. The van der Waals surface area contributed by atoms with Crippen LogP contribution >= 0.6 is 23.4 Å². The fraction of sp³-hybridized carbons (Fsp3) is 0.0952. The summed E-state index contributed by atoms with van der Waals surface area (Å²) < 4.78 is 0. The molecule has 7 heteroatoms. The Morgan fingerprint density at radius 3 is 2.79 bits per heavy atom. The van der Waals surface area contributed by atoms with Crippen LogP contribution in [0.1, 0.15) is 11.1 Å². The molecule has 5 nitrogen and oxygen atoms in total. The number of benzene rings is 2. The number of carbonyl (C=O) groups is 2. The molecular formula is C21H16ClN3O2S. The Morgan fingerprint density at radius 1 is 1.25 bits per heavy atom. The second kappa shape index (κ2) is 7.30. The number of aliphatic imine (C=N–C) groups is 1. The average Bonchev–Trinajstić information content (AvgIpc) is 3.16. The topological polar surface area (TPSA) is 61.8 Å². The number of thioether (sulfide) groups is 1. The molecule has 0 aliphatic carbocycles. The van der Waals surface area contributed by atoms with Gasteiger partial charge in [0.15, 0.2) is 5.17 Å². The Bertz CT molecular complexity index is 1090. The van der Waals surface area contributed by atoms with Crippen molar-refractivity contribution < 1.29 is 9.59 Å². The molecule has 2 aliphatic heterocycles. The van der Waals surface area contributed by atoms with E-state index < -0.39 is 0 Å². The quantitative estimate of drug-likeness (QED) is 0.602. The van der Waals surface area contributed by atoms with E-state index in [-0.39, 0.29) is 11.8 Å². The van der Waals surface area contributed by atoms with Crippen LogP contribution in [0.5, 0.6) is 0 Å². The number of hydrogen-bond donors (Lipinski definition) is 1. The summed E-state index contributed by atoms with van der Waals surface area (Å²) in [5.41, 5.74) is 3.50. The van der Waals surface area contributed by atoms with Crippen LogP contribution in [-0.2, 0) is 9.59 Å². The zero-order valence-corrected chi connectivity index (χ0v) is 16.6. The van der Waals surface area contributed by atoms with Crippen molar-refractivity contribution in [3.05, 3.63) is 76.2 Å². The van der Waals surface area contributed by atoms with E-state index in [1.54, 1.807) is 17.0 Å². The van der Waals surface area contributed by atoms with Gasteiger partial charge in [-0.1, -0.05) is 41.9 Å². The van der Waals surface area contributed by atoms with E-state index in [4.69, 9.17) is 11.6 Å². The summed E-state index contributed by atoms with van der Waals surface area (Å²) in [6.45, 7) is 6.00. The van der Waals surface area contributed by atoms with E-state index >= 15 is 0 Å². The molecule has 2 aliphatic rings. The number of anilines is 1. The monoisotopic (exact) mass is 409 g/mol.